The Morgan fingerprint density at radius 2 is 2.12 bits per heavy atom. The second kappa shape index (κ2) is 8.24. The largest absolute Gasteiger partial charge is 0.481 e. The highest BCUT2D eigenvalue weighted by atomic mass is 16.6. The van der Waals surface area contributed by atoms with Crippen molar-refractivity contribution < 1.29 is 19.6 Å². The molecule has 1 heterocycles. The first-order chi connectivity index (χ1) is 12.3. The van der Waals surface area contributed by atoms with Gasteiger partial charge in [-0.1, -0.05) is 13.8 Å². The summed E-state index contributed by atoms with van der Waals surface area (Å²) in [5, 5.41) is 20.3. The lowest BCUT2D eigenvalue weighted by Gasteiger charge is -2.24. The molecule has 0 saturated carbocycles. The Kier molecular flexibility index (Phi) is 6.05. The number of rotatable bonds is 8. The van der Waals surface area contributed by atoms with Gasteiger partial charge < -0.3 is 14.6 Å². The Bertz CT molecular complexity index is 801. The molecule has 0 spiro atoms. The Morgan fingerprint density at radius 1 is 1.38 bits per heavy atom. The van der Waals surface area contributed by atoms with Crippen LogP contribution in [0.15, 0.2) is 36.9 Å². The minimum atomic E-state index is -1.01. The van der Waals surface area contributed by atoms with Gasteiger partial charge in [-0.2, -0.15) is 0 Å². The smallest absolute Gasteiger partial charge is 0.305 e. The number of hydrogen-bond donors (Lipinski definition) is 1. The number of hydrogen-bond acceptors (Lipinski definition) is 5. The molecule has 2 aromatic rings. The zero-order valence-electron chi connectivity index (χ0n) is 14.5. The average Bonchev–Trinajstić information content (AvgIpc) is 3.11. The summed E-state index contributed by atoms with van der Waals surface area (Å²) in [7, 11) is 0. The number of nitrogens with zero attached hydrogens (tertiary/aromatic N) is 4. The predicted octanol–water partition coefficient (Wildman–Crippen LogP) is 2.35. The van der Waals surface area contributed by atoms with Gasteiger partial charge in [0, 0.05) is 37.1 Å². The van der Waals surface area contributed by atoms with Crippen LogP contribution in [-0.2, 0) is 4.79 Å². The lowest BCUT2D eigenvalue weighted by atomic mass is 10.1. The van der Waals surface area contributed by atoms with Gasteiger partial charge in [-0.05, 0) is 18.1 Å². The van der Waals surface area contributed by atoms with E-state index >= 15 is 0 Å². The third-order valence-electron chi connectivity index (χ3n) is 3.67. The number of aliphatic carboxylic acids is 1. The van der Waals surface area contributed by atoms with Crippen LogP contribution in [0.3, 0.4) is 0 Å². The van der Waals surface area contributed by atoms with Gasteiger partial charge in [0.1, 0.15) is 5.69 Å². The maximum absolute atomic E-state index is 12.8. The Balaban J connectivity index is 2.35. The van der Waals surface area contributed by atoms with E-state index in [4.69, 9.17) is 5.11 Å². The number of nitro benzene ring substituents is 1. The highest BCUT2D eigenvalue weighted by Gasteiger charge is 2.23. The fourth-order valence-electron chi connectivity index (χ4n) is 2.55. The second-order valence-electron chi connectivity index (χ2n) is 6.22. The third-order valence-corrected chi connectivity index (χ3v) is 3.67. The molecular formula is C17H20N4O5. The number of carboxylic acids is 1. The van der Waals surface area contributed by atoms with Gasteiger partial charge in [0.25, 0.3) is 11.6 Å². The summed E-state index contributed by atoms with van der Waals surface area (Å²) in [6, 6.07) is 4.20. The fraction of sp³-hybridized carbons (Fsp3) is 0.353. The molecule has 26 heavy (non-hydrogen) atoms. The second-order valence-corrected chi connectivity index (χ2v) is 6.22. The summed E-state index contributed by atoms with van der Waals surface area (Å²) in [5.74, 6) is -1.30. The van der Waals surface area contributed by atoms with E-state index in [1.165, 1.54) is 40.2 Å². The molecule has 0 bridgehead atoms. The molecule has 1 N–H and O–H groups in total. The van der Waals surface area contributed by atoms with Gasteiger partial charge in [0.05, 0.1) is 17.7 Å². The molecule has 1 aromatic heterocycles. The fourth-order valence-corrected chi connectivity index (χ4v) is 2.55. The van der Waals surface area contributed by atoms with E-state index in [0.29, 0.717) is 12.2 Å². The molecule has 1 amide bonds. The van der Waals surface area contributed by atoms with Gasteiger partial charge in [0.2, 0.25) is 0 Å². The van der Waals surface area contributed by atoms with Crippen molar-refractivity contribution in [3.05, 3.63) is 52.6 Å². The number of aromatic nitrogens is 2. The van der Waals surface area contributed by atoms with Crippen LogP contribution in [-0.4, -0.2) is 49.4 Å². The summed E-state index contributed by atoms with van der Waals surface area (Å²) in [6.07, 6.45) is 4.32. The van der Waals surface area contributed by atoms with Crippen molar-refractivity contribution >= 4 is 17.6 Å². The molecule has 138 valence electrons. The molecule has 0 unspecified atom stereocenters. The molecular weight excluding hydrogens is 340 g/mol. The average molecular weight is 360 g/mol. The van der Waals surface area contributed by atoms with E-state index in [1.807, 2.05) is 13.8 Å². The maximum Gasteiger partial charge on any atom is 0.305 e. The zero-order valence-corrected chi connectivity index (χ0v) is 14.5. The van der Waals surface area contributed by atoms with Crippen molar-refractivity contribution in [1.82, 2.24) is 14.5 Å². The van der Waals surface area contributed by atoms with Crippen LogP contribution in [0.5, 0.6) is 0 Å². The van der Waals surface area contributed by atoms with Gasteiger partial charge in [0.15, 0.2) is 0 Å². The van der Waals surface area contributed by atoms with Crippen LogP contribution in [0.1, 0.15) is 30.6 Å². The van der Waals surface area contributed by atoms with Gasteiger partial charge in [-0.25, -0.2) is 4.98 Å². The maximum atomic E-state index is 12.8. The number of benzene rings is 1. The first kappa shape index (κ1) is 19.1. The monoisotopic (exact) mass is 360 g/mol. The molecule has 0 fully saturated rings. The molecule has 0 saturated heterocycles. The van der Waals surface area contributed by atoms with Crippen molar-refractivity contribution in [2.45, 2.75) is 20.3 Å². The lowest BCUT2D eigenvalue weighted by molar-refractivity contribution is -0.384. The lowest BCUT2D eigenvalue weighted by Crippen LogP contribution is -2.36. The van der Waals surface area contributed by atoms with Crippen LogP contribution in [0.4, 0.5) is 5.69 Å². The van der Waals surface area contributed by atoms with Crippen molar-refractivity contribution in [1.29, 1.82) is 0 Å². The van der Waals surface area contributed by atoms with Gasteiger partial charge in [-0.15, -0.1) is 0 Å². The van der Waals surface area contributed by atoms with Crippen molar-refractivity contribution in [3.63, 3.8) is 0 Å². The number of carbonyl (C=O) groups is 2. The van der Waals surface area contributed by atoms with Crippen molar-refractivity contribution in [3.8, 4) is 5.69 Å². The number of imidazole rings is 1. The Hall–Kier alpha value is -3.23. The Morgan fingerprint density at radius 3 is 2.65 bits per heavy atom. The quantitative estimate of drug-likeness (QED) is 0.570. The molecule has 0 radical (unpaired) electrons. The summed E-state index contributed by atoms with van der Waals surface area (Å²) >= 11 is 0. The Labute approximate surface area is 150 Å². The van der Waals surface area contributed by atoms with E-state index in [2.05, 4.69) is 4.98 Å². The molecule has 0 aliphatic rings. The summed E-state index contributed by atoms with van der Waals surface area (Å²) in [6.45, 7) is 4.23. The molecule has 9 heteroatoms. The van der Waals surface area contributed by atoms with Crippen LogP contribution in [0.2, 0.25) is 0 Å². The molecule has 2 rings (SSSR count). The molecule has 0 atom stereocenters. The first-order valence-corrected chi connectivity index (χ1v) is 8.07. The minimum absolute atomic E-state index is 0.0451. The van der Waals surface area contributed by atoms with Crippen molar-refractivity contribution in [2.75, 3.05) is 13.1 Å². The SMILES string of the molecule is CC(C)CN(CCC(=O)O)C(=O)c1ccc(-n2ccnc2)c([N+](=O)[O-])c1. The summed E-state index contributed by atoms with van der Waals surface area (Å²) in [5.41, 5.74) is 0.216. The summed E-state index contributed by atoms with van der Waals surface area (Å²) in [4.78, 5) is 39.7. The van der Waals surface area contributed by atoms with Gasteiger partial charge in [-0.3, -0.25) is 19.7 Å². The molecule has 1 aromatic carbocycles. The number of nitro groups is 1. The minimum Gasteiger partial charge on any atom is -0.481 e. The number of amides is 1. The predicted molar refractivity (Wildman–Crippen MR) is 93.2 cm³/mol. The molecule has 0 aliphatic heterocycles. The first-order valence-electron chi connectivity index (χ1n) is 8.07. The van der Waals surface area contributed by atoms with Gasteiger partial charge >= 0.3 is 5.97 Å². The number of carbonyl (C=O) groups excluding carboxylic acids is 1. The molecule has 0 aliphatic carbocycles. The van der Waals surface area contributed by atoms with Crippen LogP contribution in [0.25, 0.3) is 5.69 Å². The van der Waals surface area contributed by atoms with E-state index in [-0.39, 0.29) is 30.1 Å². The van der Waals surface area contributed by atoms with Crippen LogP contribution < -0.4 is 0 Å². The summed E-state index contributed by atoms with van der Waals surface area (Å²) < 4.78 is 1.49. The normalized spacial score (nSPS) is 10.7. The van der Waals surface area contributed by atoms with Crippen LogP contribution >= 0.6 is 0 Å². The standard InChI is InChI=1S/C17H20N4O5/c1-12(2)10-19(7-5-16(22)23)17(24)13-3-4-14(15(9-13)21(25)26)20-8-6-18-11-20/h3-4,6,8-9,11-12H,5,7,10H2,1-2H3,(H,22,23). The highest BCUT2D eigenvalue weighted by Crippen LogP contribution is 2.25. The highest BCUT2D eigenvalue weighted by molar-refractivity contribution is 5.95. The van der Waals surface area contributed by atoms with E-state index in [9.17, 15) is 19.7 Å². The van der Waals surface area contributed by atoms with E-state index < -0.39 is 16.8 Å². The number of carboxylic acid groups (broad SMARTS) is 1. The van der Waals surface area contributed by atoms with E-state index in [0.717, 1.165) is 0 Å². The molecule has 9 nitrogen and oxygen atoms in total. The van der Waals surface area contributed by atoms with Crippen LogP contribution in [0, 0.1) is 16.0 Å². The van der Waals surface area contributed by atoms with Crippen molar-refractivity contribution in [2.24, 2.45) is 5.92 Å². The zero-order chi connectivity index (χ0) is 19.3. The third kappa shape index (κ3) is 4.65. The van der Waals surface area contributed by atoms with E-state index in [1.54, 1.807) is 6.20 Å². The topological polar surface area (TPSA) is 119 Å².